The number of carboxylic acid groups (broad SMARTS) is 1. The first-order valence-electron chi connectivity index (χ1n) is 8.77. The van der Waals surface area contributed by atoms with Crippen LogP contribution in [-0.2, 0) is 9.59 Å². The van der Waals surface area contributed by atoms with Gasteiger partial charge in [-0.05, 0) is 18.2 Å². The van der Waals surface area contributed by atoms with E-state index in [1.54, 1.807) is 24.3 Å². The summed E-state index contributed by atoms with van der Waals surface area (Å²) in [7, 11) is 0. The van der Waals surface area contributed by atoms with Crippen LogP contribution in [0, 0.1) is 0 Å². The van der Waals surface area contributed by atoms with Crippen molar-refractivity contribution < 1.29 is 14.7 Å². The summed E-state index contributed by atoms with van der Waals surface area (Å²) in [5, 5.41) is 13.5. The van der Waals surface area contributed by atoms with Gasteiger partial charge in [-0.15, -0.1) is 5.10 Å². The predicted molar refractivity (Wildman–Crippen MR) is 114 cm³/mol. The fourth-order valence-electron chi connectivity index (χ4n) is 3.43. The van der Waals surface area contributed by atoms with Crippen LogP contribution in [0.2, 0.25) is 0 Å². The quantitative estimate of drug-likeness (QED) is 0.478. The molecule has 10 heteroatoms. The summed E-state index contributed by atoms with van der Waals surface area (Å²) in [6.45, 7) is -0.486. The predicted octanol–water partition coefficient (Wildman–Crippen LogP) is 1.93. The first-order chi connectivity index (χ1) is 14.5. The molecule has 0 bridgehead atoms. The molecule has 0 atom stereocenters. The number of carbonyl (C=O) groups excluding carboxylic acids is 1. The Morgan fingerprint density at radius 3 is 2.47 bits per heavy atom. The zero-order chi connectivity index (χ0) is 21.0. The molecule has 2 aromatic carbocycles. The van der Waals surface area contributed by atoms with Crippen LogP contribution in [0.3, 0.4) is 0 Å². The number of hydrogen-bond acceptors (Lipinski definition) is 6. The molecule has 1 N–H and O–H groups in total. The fraction of sp³-hybridized carbons (Fsp3) is 0.0500. The van der Waals surface area contributed by atoms with Gasteiger partial charge in [0.1, 0.15) is 11.1 Å². The highest BCUT2D eigenvalue weighted by Gasteiger charge is 2.35. The number of aliphatic carboxylic acids is 1. The third kappa shape index (κ3) is 2.76. The van der Waals surface area contributed by atoms with Crippen LogP contribution >= 0.6 is 27.3 Å². The van der Waals surface area contributed by atoms with Crippen LogP contribution in [0.4, 0.5) is 5.69 Å². The number of carboxylic acids is 1. The molecule has 1 amide bonds. The van der Waals surface area contributed by atoms with Crippen molar-refractivity contribution in [1.82, 2.24) is 14.6 Å². The van der Waals surface area contributed by atoms with Gasteiger partial charge in [0.2, 0.25) is 4.96 Å². The SMILES string of the molecule is O=C(O)CN1C(=O)C(=c2sc3nc(-c4ccccc4Br)nn3c2=O)c2ccccc21. The van der Waals surface area contributed by atoms with E-state index in [4.69, 9.17) is 0 Å². The lowest BCUT2D eigenvalue weighted by Gasteiger charge is -2.13. The van der Waals surface area contributed by atoms with Crippen molar-refractivity contribution >= 4 is 55.4 Å². The fourth-order valence-corrected chi connectivity index (χ4v) is 4.89. The number of rotatable bonds is 3. The third-order valence-electron chi connectivity index (χ3n) is 4.72. The number of amides is 1. The molecule has 1 aliphatic rings. The Labute approximate surface area is 180 Å². The van der Waals surface area contributed by atoms with Gasteiger partial charge in [-0.2, -0.15) is 9.50 Å². The van der Waals surface area contributed by atoms with Crippen LogP contribution < -0.4 is 15.0 Å². The molecular weight excluding hydrogens is 472 g/mol. The van der Waals surface area contributed by atoms with Gasteiger partial charge in [0.25, 0.3) is 11.5 Å². The lowest BCUT2D eigenvalue weighted by Crippen LogP contribution is -2.35. The maximum absolute atomic E-state index is 13.1. The van der Waals surface area contributed by atoms with E-state index < -0.39 is 24.0 Å². The topological polar surface area (TPSA) is 105 Å². The zero-order valence-electron chi connectivity index (χ0n) is 15.1. The number of para-hydroxylation sites is 1. The minimum atomic E-state index is -1.14. The number of aromatic nitrogens is 3. The number of halogens is 1. The second-order valence-corrected chi connectivity index (χ2v) is 8.36. The molecule has 0 aliphatic carbocycles. The molecule has 0 saturated carbocycles. The van der Waals surface area contributed by atoms with Crippen molar-refractivity contribution in [2.45, 2.75) is 0 Å². The summed E-state index contributed by atoms with van der Waals surface area (Å²) in [4.78, 5) is 43.3. The largest absolute Gasteiger partial charge is 0.480 e. The molecule has 0 fully saturated rings. The molecule has 5 rings (SSSR count). The Bertz CT molecular complexity index is 1480. The Morgan fingerprint density at radius 1 is 1.07 bits per heavy atom. The van der Waals surface area contributed by atoms with Crippen LogP contribution in [0.1, 0.15) is 5.56 Å². The molecule has 0 saturated heterocycles. The van der Waals surface area contributed by atoms with Crippen LogP contribution in [0.25, 0.3) is 21.9 Å². The van der Waals surface area contributed by atoms with Crippen molar-refractivity contribution in [3.63, 3.8) is 0 Å². The lowest BCUT2D eigenvalue weighted by atomic mass is 10.1. The second kappa shape index (κ2) is 6.85. The van der Waals surface area contributed by atoms with Crippen molar-refractivity contribution in [2.24, 2.45) is 0 Å². The summed E-state index contributed by atoms with van der Waals surface area (Å²) in [5.74, 6) is -1.26. The van der Waals surface area contributed by atoms with E-state index in [9.17, 15) is 19.5 Å². The highest BCUT2D eigenvalue weighted by atomic mass is 79.9. The molecule has 2 aromatic heterocycles. The number of fused-ring (bicyclic) bond motifs is 2. The summed E-state index contributed by atoms with van der Waals surface area (Å²) < 4.78 is 2.17. The van der Waals surface area contributed by atoms with Gasteiger partial charge in [0.05, 0.1) is 11.3 Å². The van der Waals surface area contributed by atoms with Gasteiger partial charge in [-0.3, -0.25) is 19.3 Å². The summed E-state index contributed by atoms with van der Waals surface area (Å²) in [6.07, 6.45) is 0. The minimum absolute atomic E-state index is 0.177. The molecule has 8 nitrogen and oxygen atoms in total. The molecule has 0 spiro atoms. The molecular formula is C20H11BrN4O4S. The van der Waals surface area contributed by atoms with Gasteiger partial charge in [0.15, 0.2) is 5.82 Å². The van der Waals surface area contributed by atoms with Crippen molar-refractivity contribution in [1.29, 1.82) is 0 Å². The molecule has 1 aliphatic heterocycles. The molecule has 148 valence electrons. The monoisotopic (exact) mass is 482 g/mol. The maximum atomic E-state index is 13.1. The number of anilines is 1. The van der Waals surface area contributed by atoms with Crippen LogP contribution in [0.15, 0.2) is 57.8 Å². The summed E-state index contributed by atoms with van der Waals surface area (Å²) in [6, 6.07) is 14.2. The van der Waals surface area contributed by atoms with E-state index in [2.05, 4.69) is 26.0 Å². The summed E-state index contributed by atoms with van der Waals surface area (Å²) >= 11 is 4.51. The first-order valence-corrected chi connectivity index (χ1v) is 10.4. The normalized spacial score (nSPS) is 15.1. The van der Waals surface area contributed by atoms with Crippen LogP contribution in [0.5, 0.6) is 0 Å². The Kier molecular flexibility index (Phi) is 4.26. The smallest absolute Gasteiger partial charge is 0.323 e. The first kappa shape index (κ1) is 18.6. The number of benzene rings is 2. The minimum Gasteiger partial charge on any atom is -0.480 e. The highest BCUT2D eigenvalue weighted by Crippen LogP contribution is 2.35. The van der Waals surface area contributed by atoms with E-state index in [-0.39, 0.29) is 10.1 Å². The number of carbonyl (C=O) groups is 2. The lowest BCUT2D eigenvalue weighted by molar-refractivity contribution is -0.136. The third-order valence-corrected chi connectivity index (χ3v) is 6.44. The van der Waals surface area contributed by atoms with Gasteiger partial charge in [-0.25, -0.2) is 0 Å². The molecule has 0 radical (unpaired) electrons. The Balaban J connectivity index is 1.73. The van der Waals surface area contributed by atoms with Gasteiger partial charge in [-0.1, -0.05) is 57.6 Å². The van der Waals surface area contributed by atoms with E-state index in [0.29, 0.717) is 22.0 Å². The Morgan fingerprint density at radius 2 is 1.77 bits per heavy atom. The van der Waals surface area contributed by atoms with E-state index in [0.717, 1.165) is 26.3 Å². The number of thiazole rings is 1. The van der Waals surface area contributed by atoms with Gasteiger partial charge < -0.3 is 5.11 Å². The van der Waals surface area contributed by atoms with Crippen molar-refractivity contribution in [2.75, 3.05) is 11.4 Å². The van der Waals surface area contributed by atoms with Crippen molar-refractivity contribution in [3.8, 4) is 11.4 Å². The molecule has 3 heterocycles. The average molecular weight is 483 g/mol. The second-order valence-electron chi connectivity index (χ2n) is 6.52. The van der Waals surface area contributed by atoms with E-state index in [1.807, 2.05) is 24.3 Å². The van der Waals surface area contributed by atoms with Crippen molar-refractivity contribution in [3.05, 3.63) is 73.5 Å². The number of nitrogens with zero attached hydrogens (tertiary/aromatic N) is 4. The van der Waals surface area contributed by atoms with E-state index >= 15 is 0 Å². The van der Waals surface area contributed by atoms with Crippen LogP contribution in [-0.4, -0.2) is 38.1 Å². The van der Waals surface area contributed by atoms with Gasteiger partial charge >= 0.3 is 5.97 Å². The molecule has 4 aromatic rings. The zero-order valence-corrected chi connectivity index (χ0v) is 17.5. The molecule has 30 heavy (non-hydrogen) atoms. The summed E-state index contributed by atoms with van der Waals surface area (Å²) in [5.41, 5.74) is 1.45. The average Bonchev–Trinajstić information content (AvgIpc) is 3.34. The standard InChI is InChI=1S/C20H11BrN4O4S/c21-12-7-3-1-5-10(12)17-22-20-25(23-17)19(29)16(30-20)15-11-6-2-4-8-13(11)24(18(15)28)9-14(26)27/h1-8H,9H2,(H,26,27). The molecule has 0 unspecified atom stereocenters. The Hall–Kier alpha value is -3.37. The highest BCUT2D eigenvalue weighted by molar-refractivity contribution is 9.10. The number of hydrogen-bond donors (Lipinski definition) is 1. The van der Waals surface area contributed by atoms with Gasteiger partial charge in [0, 0.05) is 15.6 Å². The van der Waals surface area contributed by atoms with E-state index in [1.165, 1.54) is 4.52 Å². The maximum Gasteiger partial charge on any atom is 0.323 e.